The highest BCUT2D eigenvalue weighted by Gasteiger charge is 2.03. The third kappa shape index (κ3) is 1.25. The minimum absolute atomic E-state index is 0.881. The second-order valence-electron chi connectivity index (χ2n) is 2.29. The summed E-state index contributed by atoms with van der Waals surface area (Å²) in [4.78, 5) is 8.40. The van der Waals surface area contributed by atoms with Crippen molar-refractivity contribution >= 4 is 42.9 Å². The summed E-state index contributed by atoms with van der Waals surface area (Å²) in [5.74, 6) is 0. The Bertz CT molecular complexity index is 428. The van der Waals surface area contributed by atoms with E-state index >= 15 is 0 Å². The van der Waals surface area contributed by atoms with Crippen molar-refractivity contribution in [2.45, 2.75) is 0 Å². The largest absolute Gasteiger partial charge is 0.253 e. The summed E-state index contributed by atoms with van der Waals surface area (Å²) in [7, 11) is 0. The lowest BCUT2D eigenvalue weighted by molar-refractivity contribution is 1.31. The molecule has 2 heterocycles. The SMILES string of the molecule is Brc1cnc2cccnc2c1Br. The first-order valence-electron chi connectivity index (χ1n) is 3.34. The number of fused-ring (bicyclic) bond motifs is 1. The highest BCUT2D eigenvalue weighted by molar-refractivity contribution is 9.13. The molecule has 0 aliphatic rings. The second-order valence-corrected chi connectivity index (χ2v) is 3.94. The molecule has 2 aromatic rings. The zero-order valence-corrected chi connectivity index (χ0v) is 9.13. The Morgan fingerprint density at radius 3 is 2.83 bits per heavy atom. The quantitative estimate of drug-likeness (QED) is 0.744. The molecule has 0 saturated heterocycles. The van der Waals surface area contributed by atoms with Crippen LogP contribution in [0.25, 0.3) is 11.0 Å². The summed E-state index contributed by atoms with van der Waals surface area (Å²) >= 11 is 6.80. The lowest BCUT2D eigenvalue weighted by Crippen LogP contribution is -1.83. The van der Waals surface area contributed by atoms with Crippen molar-refractivity contribution in [3.63, 3.8) is 0 Å². The van der Waals surface area contributed by atoms with Crippen molar-refractivity contribution < 1.29 is 0 Å². The molecule has 0 amide bonds. The molecule has 0 saturated carbocycles. The van der Waals surface area contributed by atoms with Gasteiger partial charge in [-0.15, -0.1) is 0 Å². The summed E-state index contributed by atoms with van der Waals surface area (Å²) in [6.45, 7) is 0. The van der Waals surface area contributed by atoms with Crippen molar-refractivity contribution in [3.05, 3.63) is 33.5 Å². The zero-order chi connectivity index (χ0) is 8.55. The van der Waals surface area contributed by atoms with Gasteiger partial charge in [0.15, 0.2) is 0 Å². The lowest BCUT2D eigenvalue weighted by Gasteiger charge is -1.99. The van der Waals surface area contributed by atoms with Gasteiger partial charge in [0.2, 0.25) is 0 Å². The normalized spacial score (nSPS) is 10.5. The molecule has 2 rings (SSSR count). The third-order valence-electron chi connectivity index (χ3n) is 1.52. The molecule has 0 bridgehead atoms. The summed E-state index contributed by atoms with van der Waals surface area (Å²) < 4.78 is 1.88. The van der Waals surface area contributed by atoms with E-state index in [-0.39, 0.29) is 0 Å². The smallest absolute Gasteiger partial charge is 0.104 e. The van der Waals surface area contributed by atoms with Gasteiger partial charge in [0, 0.05) is 12.4 Å². The summed E-state index contributed by atoms with van der Waals surface area (Å²) in [6.07, 6.45) is 3.51. The van der Waals surface area contributed by atoms with E-state index in [0.29, 0.717) is 0 Å². The van der Waals surface area contributed by atoms with Crippen LogP contribution in [0.5, 0.6) is 0 Å². The Morgan fingerprint density at radius 2 is 2.00 bits per heavy atom. The second kappa shape index (κ2) is 3.11. The molecule has 0 N–H and O–H groups in total. The van der Waals surface area contributed by atoms with Gasteiger partial charge in [-0.1, -0.05) is 0 Å². The van der Waals surface area contributed by atoms with Crippen LogP contribution in [-0.4, -0.2) is 9.97 Å². The molecular formula is C8H4Br2N2. The first-order valence-corrected chi connectivity index (χ1v) is 4.92. The Hall–Kier alpha value is -0.480. The van der Waals surface area contributed by atoms with Gasteiger partial charge in [-0.2, -0.15) is 0 Å². The van der Waals surface area contributed by atoms with Gasteiger partial charge in [-0.05, 0) is 44.0 Å². The van der Waals surface area contributed by atoms with Crippen LogP contribution >= 0.6 is 31.9 Å². The number of nitrogens with zero attached hydrogens (tertiary/aromatic N) is 2. The maximum Gasteiger partial charge on any atom is 0.104 e. The number of halogens is 2. The highest BCUT2D eigenvalue weighted by atomic mass is 79.9. The average molecular weight is 288 g/mol. The molecule has 0 unspecified atom stereocenters. The fraction of sp³-hybridized carbons (Fsp3) is 0. The fourth-order valence-electron chi connectivity index (χ4n) is 0.966. The van der Waals surface area contributed by atoms with Crippen molar-refractivity contribution in [2.75, 3.05) is 0 Å². The van der Waals surface area contributed by atoms with Gasteiger partial charge < -0.3 is 0 Å². The standard InChI is InChI=1S/C8H4Br2N2/c9-5-4-12-6-2-1-3-11-8(6)7(5)10/h1-4H. The molecule has 4 heteroatoms. The van der Waals surface area contributed by atoms with E-state index in [9.17, 15) is 0 Å². The monoisotopic (exact) mass is 286 g/mol. The molecule has 0 fully saturated rings. The van der Waals surface area contributed by atoms with Crippen molar-refractivity contribution in [3.8, 4) is 0 Å². The van der Waals surface area contributed by atoms with Crippen LogP contribution in [0.3, 0.4) is 0 Å². The van der Waals surface area contributed by atoms with E-state index in [4.69, 9.17) is 0 Å². The molecule has 12 heavy (non-hydrogen) atoms. The lowest BCUT2D eigenvalue weighted by atomic mass is 10.3. The first kappa shape index (κ1) is 8.13. The van der Waals surface area contributed by atoms with E-state index in [1.165, 1.54) is 0 Å². The van der Waals surface area contributed by atoms with Gasteiger partial charge in [0.25, 0.3) is 0 Å². The van der Waals surface area contributed by atoms with E-state index in [1.807, 2.05) is 12.1 Å². The Kier molecular flexibility index (Phi) is 2.11. The molecule has 0 radical (unpaired) electrons. The van der Waals surface area contributed by atoms with Gasteiger partial charge in [0.05, 0.1) is 14.5 Å². The van der Waals surface area contributed by atoms with Crippen LogP contribution in [-0.2, 0) is 0 Å². The van der Waals surface area contributed by atoms with E-state index in [2.05, 4.69) is 41.8 Å². The van der Waals surface area contributed by atoms with Gasteiger partial charge in [0.1, 0.15) is 5.52 Å². The first-order chi connectivity index (χ1) is 5.79. The van der Waals surface area contributed by atoms with Gasteiger partial charge in [-0.25, -0.2) is 0 Å². The van der Waals surface area contributed by atoms with E-state index < -0.39 is 0 Å². The van der Waals surface area contributed by atoms with Crippen LogP contribution in [0.4, 0.5) is 0 Å². The third-order valence-corrected chi connectivity index (χ3v) is 3.46. The molecular weight excluding hydrogens is 284 g/mol. The number of rotatable bonds is 0. The minimum Gasteiger partial charge on any atom is -0.253 e. The Balaban J connectivity index is 2.91. The molecule has 0 aliphatic carbocycles. The van der Waals surface area contributed by atoms with Crippen LogP contribution in [0.2, 0.25) is 0 Å². The van der Waals surface area contributed by atoms with Crippen molar-refractivity contribution in [1.82, 2.24) is 9.97 Å². The molecule has 2 aromatic heterocycles. The maximum atomic E-state index is 4.20. The zero-order valence-electron chi connectivity index (χ0n) is 5.96. The summed E-state index contributed by atoms with van der Waals surface area (Å²) in [5, 5.41) is 0. The fourth-order valence-corrected chi connectivity index (χ4v) is 1.66. The number of hydrogen-bond acceptors (Lipinski definition) is 2. The van der Waals surface area contributed by atoms with E-state index in [1.54, 1.807) is 12.4 Å². The molecule has 2 nitrogen and oxygen atoms in total. The number of hydrogen-bond donors (Lipinski definition) is 0. The topological polar surface area (TPSA) is 25.8 Å². The predicted octanol–water partition coefficient (Wildman–Crippen LogP) is 3.15. The van der Waals surface area contributed by atoms with E-state index in [0.717, 1.165) is 20.0 Å². The van der Waals surface area contributed by atoms with Crippen LogP contribution in [0.15, 0.2) is 33.5 Å². The van der Waals surface area contributed by atoms with Crippen molar-refractivity contribution in [2.24, 2.45) is 0 Å². The molecule has 0 spiro atoms. The number of aromatic nitrogens is 2. The Labute approximate surface area is 86.3 Å². The van der Waals surface area contributed by atoms with Crippen molar-refractivity contribution in [1.29, 1.82) is 0 Å². The molecule has 60 valence electrons. The summed E-state index contributed by atoms with van der Waals surface area (Å²) in [6, 6.07) is 3.80. The van der Waals surface area contributed by atoms with Gasteiger partial charge >= 0.3 is 0 Å². The van der Waals surface area contributed by atoms with Gasteiger partial charge in [-0.3, -0.25) is 9.97 Å². The molecule has 0 aromatic carbocycles. The predicted molar refractivity (Wildman–Crippen MR) is 54.9 cm³/mol. The molecule has 0 aliphatic heterocycles. The number of pyridine rings is 2. The highest BCUT2D eigenvalue weighted by Crippen LogP contribution is 2.27. The summed E-state index contributed by atoms with van der Waals surface area (Å²) in [5.41, 5.74) is 1.78. The molecule has 0 atom stereocenters. The average Bonchev–Trinajstić information content (AvgIpc) is 2.12. The van der Waals surface area contributed by atoms with Crippen LogP contribution in [0.1, 0.15) is 0 Å². The van der Waals surface area contributed by atoms with Crippen LogP contribution in [0, 0.1) is 0 Å². The minimum atomic E-state index is 0.881. The Morgan fingerprint density at radius 1 is 1.17 bits per heavy atom. The van der Waals surface area contributed by atoms with Crippen LogP contribution < -0.4 is 0 Å². The maximum absolute atomic E-state index is 4.20.